The molecular weight excluding hydrogens is 284 g/mol. The number of thiazole rings is 1. The summed E-state index contributed by atoms with van der Waals surface area (Å²) in [6, 6.07) is 3.61. The van der Waals surface area contributed by atoms with Crippen molar-refractivity contribution < 1.29 is 4.79 Å². The Hall–Kier alpha value is -1.95. The lowest BCUT2D eigenvalue weighted by molar-refractivity contribution is 0.102. The quantitative estimate of drug-likeness (QED) is 0.857. The molecule has 21 heavy (non-hydrogen) atoms. The van der Waals surface area contributed by atoms with Gasteiger partial charge in [0.15, 0.2) is 5.13 Å². The zero-order valence-electron chi connectivity index (χ0n) is 12.6. The van der Waals surface area contributed by atoms with Crippen molar-refractivity contribution >= 4 is 28.2 Å². The molecule has 0 aliphatic heterocycles. The highest BCUT2D eigenvalue weighted by atomic mass is 32.1. The predicted octanol–water partition coefficient (Wildman–Crippen LogP) is 3.48. The molecule has 0 unspecified atom stereocenters. The van der Waals surface area contributed by atoms with Crippen molar-refractivity contribution in [3.63, 3.8) is 0 Å². The molecule has 0 fully saturated rings. The summed E-state index contributed by atoms with van der Waals surface area (Å²) >= 11 is 1.46. The van der Waals surface area contributed by atoms with Gasteiger partial charge in [-0.05, 0) is 31.9 Å². The van der Waals surface area contributed by atoms with Crippen LogP contribution in [0.3, 0.4) is 0 Å². The molecular formula is C15H20N4OS. The summed E-state index contributed by atoms with van der Waals surface area (Å²) in [7, 11) is 0. The van der Waals surface area contributed by atoms with Gasteiger partial charge in [-0.15, -0.1) is 11.3 Å². The number of nitrogens with zero attached hydrogens (tertiary/aromatic N) is 2. The molecule has 112 valence electrons. The van der Waals surface area contributed by atoms with Crippen LogP contribution in [0, 0.1) is 6.92 Å². The topological polar surface area (TPSA) is 66.9 Å². The number of carbonyl (C=O) groups excluding carboxylic acids is 1. The lowest BCUT2D eigenvalue weighted by Crippen LogP contribution is -2.14. The maximum atomic E-state index is 12.3. The standard InChI is InChI=1S/C15H20N4OS/c1-4-6-16-13-8-11(7-12(5-2)18-13)14(20)19-15-17-9-10(3)21-15/h7-9H,4-6H2,1-3H3,(H,16,18)(H,17,19,20). The minimum absolute atomic E-state index is 0.152. The van der Waals surface area contributed by atoms with E-state index >= 15 is 0 Å². The van der Waals surface area contributed by atoms with Crippen LogP contribution in [0.4, 0.5) is 10.9 Å². The van der Waals surface area contributed by atoms with Crippen molar-refractivity contribution in [2.75, 3.05) is 17.2 Å². The van der Waals surface area contributed by atoms with Gasteiger partial charge in [0.2, 0.25) is 0 Å². The molecule has 0 aromatic carbocycles. The minimum atomic E-state index is -0.152. The Morgan fingerprint density at radius 2 is 2.14 bits per heavy atom. The smallest absolute Gasteiger partial charge is 0.257 e. The number of amides is 1. The number of pyridine rings is 1. The number of aryl methyl sites for hydroxylation is 2. The van der Waals surface area contributed by atoms with Crippen molar-refractivity contribution in [1.82, 2.24) is 9.97 Å². The highest BCUT2D eigenvalue weighted by Gasteiger charge is 2.11. The molecule has 6 heteroatoms. The van der Waals surface area contributed by atoms with E-state index in [4.69, 9.17) is 0 Å². The molecule has 0 saturated carbocycles. The van der Waals surface area contributed by atoms with Gasteiger partial charge in [0.25, 0.3) is 5.91 Å². The van der Waals surface area contributed by atoms with Gasteiger partial charge in [-0.25, -0.2) is 9.97 Å². The molecule has 2 aromatic rings. The van der Waals surface area contributed by atoms with Crippen LogP contribution in [0.2, 0.25) is 0 Å². The Morgan fingerprint density at radius 3 is 2.76 bits per heavy atom. The molecule has 0 atom stereocenters. The van der Waals surface area contributed by atoms with Crippen LogP contribution in [0.15, 0.2) is 18.3 Å². The second kappa shape index (κ2) is 7.17. The van der Waals surface area contributed by atoms with E-state index in [0.29, 0.717) is 10.7 Å². The number of hydrogen-bond donors (Lipinski definition) is 2. The largest absolute Gasteiger partial charge is 0.370 e. The minimum Gasteiger partial charge on any atom is -0.370 e. The SMILES string of the molecule is CCCNc1cc(C(=O)Nc2ncc(C)s2)cc(CC)n1. The number of nitrogens with one attached hydrogen (secondary N) is 2. The number of anilines is 2. The molecule has 0 aliphatic rings. The van der Waals surface area contributed by atoms with Crippen LogP contribution in [0.25, 0.3) is 0 Å². The molecule has 2 heterocycles. The Morgan fingerprint density at radius 1 is 1.33 bits per heavy atom. The van der Waals surface area contributed by atoms with Crippen molar-refractivity contribution in [3.8, 4) is 0 Å². The Labute approximate surface area is 128 Å². The van der Waals surface area contributed by atoms with Crippen molar-refractivity contribution in [2.45, 2.75) is 33.6 Å². The summed E-state index contributed by atoms with van der Waals surface area (Å²) in [6.07, 6.45) is 3.55. The molecule has 0 saturated heterocycles. The van der Waals surface area contributed by atoms with Crippen LogP contribution in [0.5, 0.6) is 0 Å². The average Bonchev–Trinajstić information content (AvgIpc) is 2.89. The van der Waals surface area contributed by atoms with E-state index < -0.39 is 0 Å². The maximum Gasteiger partial charge on any atom is 0.257 e. The van der Waals surface area contributed by atoms with Crippen LogP contribution < -0.4 is 10.6 Å². The fourth-order valence-corrected chi connectivity index (χ4v) is 2.48. The number of hydrogen-bond acceptors (Lipinski definition) is 5. The molecule has 2 aromatic heterocycles. The van der Waals surface area contributed by atoms with Gasteiger partial charge >= 0.3 is 0 Å². The van der Waals surface area contributed by atoms with Crippen LogP contribution in [-0.4, -0.2) is 22.4 Å². The molecule has 0 bridgehead atoms. The fourth-order valence-electron chi connectivity index (χ4n) is 1.83. The van der Waals surface area contributed by atoms with E-state index in [1.165, 1.54) is 11.3 Å². The Balaban J connectivity index is 2.18. The third-order valence-corrected chi connectivity index (χ3v) is 3.73. The van der Waals surface area contributed by atoms with Crippen molar-refractivity contribution in [1.29, 1.82) is 0 Å². The first-order chi connectivity index (χ1) is 10.1. The lowest BCUT2D eigenvalue weighted by Gasteiger charge is -2.09. The highest BCUT2D eigenvalue weighted by molar-refractivity contribution is 7.15. The molecule has 1 amide bonds. The van der Waals surface area contributed by atoms with Crippen LogP contribution in [0.1, 0.15) is 41.2 Å². The molecule has 0 aliphatic carbocycles. The first-order valence-electron chi connectivity index (χ1n) is 7.11. The summed E-state index contributed by atoms with van der Waals surface area (Å²) in [4.78, 5) is 22.0. The van der Waals surface area contributed by atoms with E-state index in [9.17, 15) is 4.79 Å². The number of carbonyl (C=O) groups is 1. The first-order valence-corrected chi connectivity index (χ1v) is 7.92. The fraction of sp³-hybridized carbons (Fsp3) is 0.400. The molecule has 0 radical (unpaired) electrons. The van der Waals surface area contributed by atoms with E-state index in [0.717, 1.165) is 35.8 Å². The van der Waals surface area contributed by atoms with Gasteiger partial charge in [-0.2, -0.15) is 0 Å². The zero-order chi connectivity index (χ0) is 15.2. The average molecular weight is 304 g/mol. The Bertz CT molecular complexity index is 624. The van der Waals surface area contributed by atoms with Gasteiger partial charge in [-0.1, -0.05) is 13.8 Å². The monoisotopic (exact) mass is 304 g/mol. The van der Waals surface area contributed by atoms with E-state index in [2.05, 4.69) is 27.5 Å². The van der Waals surface area contributed by atoms with E-state index in [1.807, 2.05) is 19.9 Å². The molecule has 2 rings (SSSR count). The highest BCUT2D eigenvalue weighted by Crippen LogP contribution is 2.18. The second-order valence-corrected chi connectivity index (χ2v) is 5.98. The predicted molar refractivity (Wildman–Crippen MR) is 87.2 cm³/mol. The van der Waals surface area contributed by atoms with Crippen LogP contribution in [-0.2, 0) is 6.42 Å². The van der Waals surface area contributed by atoms with Crippen molar-refractivity contribution in [3.05, 3.63) is 34.5 Å². The molecule has 0 spiro atoms. The number of aromatic nitrogens is 2. The first kappa shape index (κ1) is 15.4. The van der Waals surface area contributed by atoms with E-state index in [1.54, 1.807) is 12.3 Å². The second-order valence-electron chi connectivity index (χ2n) is 4.74. The third-order valence-electron chi connectivity index (χ3n) is 2.90. The van der Waals surface area contributed by atoms with Gasteiger partial charge in [0.05, 0.1) is 0 Å². The van der Waals surface area contributed by atoms with Gasteiger partial charge < -0.3 is 5.32 Å². The number of rotatable bonds is 6. The summed E-state index contributed by atoms with van der Waals surface area (Å²) in [5.41, 5.74) is 1.50. The van der Waals surface area contributed by atoms with E-state index in [-0.39, 0.29) is 5.91 Å². The van der Waals surface area contributed by atoms with Crippen LogP contribution >= 0.6 is 11.3 Å². The summed E-state index contributed by atoms with van der Waals surface area (Å²) < 4.78 is 0. The third kappa shape index (κ3) is 4.26. The summed E-state index contributed by atoms with van der Waals surface area (Å²) in [5, 5.41) is 6.68. The van der Waals surface area contributed by atoms with Gasteiger partial charge in [-0.3, -0.25) is 10.1 Å². The van der Waals surface area contributed by atoms with Gasteiger partial charge in [0, 0.05) is 28.9 Å². The molecule has 2 N–H and O–H groups in total. The summed E-state index contributed by atoms with van der Waals surface area (Å²) in [6.45, 7) is 6.92. The van der Waals surface area contributed by atoms with Gasteiger partial charge in [0.1, 0.15) is 5.82 Å². The van der Waals surface area contributed by atoms with Crippen molar-refractivity contribution in [2.24, 2.45) is 0 Å². The summed E-state index contributed by atoms with van der Waals surface area (Å²) in [5.74, 6) is 0.595. The normalized spacial score (nSPS) is 10.4. The maximum absolute atomic E-state index is 12.3. The molecule has 5 nitrogen and oxygen atoms in total. The zero-order valence-corrected chi connectivity index (χ0v) is 13.4. The Kier molecular flexibility index (Phi) is 5.27. The lowest BCUT2D eigenvalue weighted by atomic mass is 10.2.